The number of hydrogen-bond acceptors (Lipinski definition) is 1. The van der Waals surface area contributed by atoms with Crippen molar-refractivity contribution in [3.05, 3.63) is 34.1 Å². The first-order chi connectivity index (χ1) is 6.07. The number of rotatable bonds is 2. The molecule has 1 aromatic rings. The molecule has 0 unspecified atom stereocenters. The van der Waals surface area contributed by atoms with Gasteiger partial charge in [0.2, 0.25) is 0 Å². The maximum Gasteiger partial charge on any atom is 0.176 e. The van der Waals surface area contributed by atoms with Crippen LogP contribution in [0.4, 0.5) is 4.39 Å². The fourth-order valence-electron chi connectivity index (χ4n) is 0.949. The minimum Gasteiger partial charge on any atom is -0.293 e. The van der Waals surface area contributed by atoms with E-state index in [0.29, 0.717) is 10.6 Å². The van der Waals surface area contributed by atoms with Crippen LogP contribution in [-0.4, -0.2) is 11.1 Å². The molecule has 0 aromatic heterocycles. The van der Waals surface area contributed by atoms with Crippen molar-refractivity contribution in [2.45, 2.75) is 6.92 Å². The van der Waals surface area contributed by atoms with E-state index in [1.54, 1.807) is 6.92 Å². The van der Waals surface area contributed by atoms with Crippen LogP contribution in [0.5, 0.6) is 0 Å². The maximum absolute atomic E-state index is 13.4. The minimum atomic E-state index is -0.531. The van der Waals surface area contributed by atoms with Crippen molar-refractivity contribution in [2.24, 2.45) is 0 Å². The Morgan fingerprint density at radius 1 is 1.62 bits per heavy atom. The van der Waals surface area contributed by atoms with Crippen LogP contribution in [0.25, 0.3) is 0 Å². The molecule has 1 nitrogen and oxygen atoms in total. The molecule has 0 saturated heterocycles. The standard InChI is InChI=1S/C9H7BrClFO/c1-5-7(11)3-2-6(9(5)12)8(13)4-10/h2-3H,4H2,1H3. The molecular formula is C9H7BrClFO. The Hall–Kier alpha value is -0.410. The molecule has 70 valence electrons. The van der Waals surface area contributed by atoms with Crippen molar-refractivity contribution in [1.82, 2.24) is 0 Å². The van der Waals surface area contributed by atoms with Gasteiger partial charge in [0, 0.05) is 10.6 Å². The van der Waals surface area contributed by atoms with E-state index in [1.165, 1.54) is 12.1 Å². The van der Waals surface area contributed by atoms with Crippen molar-refractivity contribution >= 4 is 33.3 Å². The molecule has 0 N–H and O–H groups in total. The quantitative estimate of drug-likeness (QED) is 0.592. The highest BCUT2D eigenvalue weighted by molar-refractivity contribution is 9.09. The molecule has 0 aliphatic rings. The molecule has 0 heterocycles. The predicted molar refractivity (Wildman–Crippen MR) is 54.3 cm³/mol. The van der Waals surface area contributed by atoms with Gasteiger partial charge in [-0.25, -0.2) is 4.39 Å². The Labute approximate surface area is 89.0 Å². The summed E-state index contributed by atoms with van der Waals surface area (Å²) in [5.41, 5.74) is 0.396. The van der Waals surface area contributed by atoms with Gasteiger partial charge in [-0.05, 0) is 19.1 Å². The highest BCUT2D eigenvalue weighted by Gasteiger charge is 2.13. The molecule has 1 aromatic carbocycles. The number of halogens is 3. The Kier molecular flexibility index (Phi) is 3.45. The van der Waals surface area contributed by atoms with Crippen molar-refractivity contribution in [2.75, 3.05) is 5.33 Å². The van der Waals surface area contributed by atoms with Gasteiger partial charge in [0.15, 0.2) is 5.78 Å². The van der Waals surface area contributed by atoms with Crippen molar-refractivity contribution in [1.29, 1.82) is 0 Å². The lowest BCUT2D eigenvalue weighted by Gasteiger charge is -2.04. The lowest BCUT2D eigenvalue weighted by atomic mass is 10.1. The van der Waals surface area contributed by atoms with Gasteiger partial charge in [-0.3, -0.25) is 4.79 Å². The molecule has 0 fully saturated rings. The van der Waals surface area contributed by atoms with Gasteiger partial charge in [0.25, 0.3) is 0 Å². The number of alkyl halides is 1. The number of carbonyl (C=O) groups is 1. The second-order valence-corrected chi connectivity index (χ2v) is 3.56. The summed E-state index contributed by atoms with van der Waals surface area (Å²) in [5, 5.41) is 0.453. The molecule has 0 bridgehead atoms. The summed E-state index contributed by atoms with van der Waals surface area (Å²) in [6.07, 6.45) is 0. The van der Waals surface area contributed by atoms with E-state index in [0.717, 1.165) is 0 Å². The van der Waals surface area contributed by atoms with Crippen molar-refractivity contribution in [3.8, 4) is 0 Å². The average Bonchev–Trinajstić information content (AvgIpc) is 2.13. The Morgan fingerprint density at radius 2 is 2.23 bits per heavy atom. The van der Waals surface area contributed by atoms with Crippen LogP contribution in [0.15, 0.2) is 12.1 Å². The molecule has 1 rings (SSSR count). The predicted octanol–water partition coefficient (Wildman–Crippen LogP) is 3.37. The summed E-state index contributed by atoms with van der Waals surface area (Å²) in [4.78, 5) is 11.2. The van der Waals surface area contributed by atoms with Crippen LogP contribution >= 0.6 is 27.5 Å². The van der Waals surface area contributed by atoms with E-state index in [4.69, 9.17) is 11.6 Å². The fraction of sp³-hybridized carbons (Fsp3) is 0.222. The van der Waals surface area contributed by atoms with Gasteiger partial charge in [0.05, 0.1) is 10.9 Å². The summed E-state index contributed by atoms with van der Waals surface area (Å²) in [6, 6.07) is 2.92. The smallest absolute Gasteiger partial charge is 0.176 e. The van der Waals surface area contributed by atoms with Gasteiger partial charge in [-0.1, -0.05) is 27.5 Å². The van der Waals surface area contributed by atoms with Crippen LogP contribution in [0.3, 0.4) is 0 Å². The Balaban J connectivity index is 3.26. The summed E-state index contributed by atoms with van der Waals surface area (Å²) >= 11 is 8.65. The van der Waals surface area contributed by atoms with E-state index >= 15 is 0 Å². The van der Waals surface area contributed by atoms with E-state index in [-0.39, 0.29) is 16.7 Å². The van der Waals surface area contributed by atoms with Crippen LogP contribution in [0.1, 0.15) is 15.9 Å². The van der Waals surface area contributed by atoms with Gasteiger partial charge in [-0.15, -0.1) is 0 Å². The van der Waals surface area contributed by atoms with Crippen LogP contribution in [0, 0.1) is 12.7 Å². The van der Waals surface area contributed by atoms with Crippen molar-refractivity contribution < 1.29 is 9.18 Å². The highest BCUT2D eigenvalue weighted by Crippen LogP contribution is 2.21. The molecule has 4 heteroatoms. The molecule has 0 saturated carbocycles. The second-order valence-electron chi connectivity index (χ2n) is 2.59. The zero-order valence-corrected chi connectivity index (χ0v) is 9.25. The summed E-state index contributed by atoms with van der Waals surface area (Å²) in [6.45, 7) is 1.54. The van der Waals surface area contributed by atoms with E-state index in [1.807, 2.05) is 0 Å². The molecule has 0 aliphatic carbocycles. The van der Waals surface area contributed by atoms with Crippen molar-refractivity contribution in [3.63, 3.8) is 0 Å². The summed E-state index contributed by atoms with van der Waals surface area (Å²) < 4.78 is 13.4. The third kappa shape index (κ3) is 2.09. The number of hydrogen-bond donors (Lipinski definition) is 0. The molecule has 0 atom stereocenters. The minimum absolute atomic E-state index is 0.0822. The first-order valence-corrected chi connectivity index (χ1v) is 5.11. The molecule has 0 amide bonds. The normalized spacial score (nSPS) is 10.2. The fourth-order valence-corrected chi connectivity index (χ4v) is 1.40. The van der Waals surface area contributed by atoms with Crippen LogP contribution < -0.4 is 0 Å². The van der Waals surface area contributed by atoms with Gasteiger partial charge in [0.1, 0.15) is 5.82 Å². The van der Waals surface area contributed by atoms with Gasteiger partial charge >= 0.3 is 0 Å². The number of ketones is 1. The monoisotopic (exact) mass is 264 g/mol. The summed E-state index contributed by atoms with van der Waals surface area (Å²) in [7, 11) is 0. The Morgan fingerprint density at radius 3 is 2.77 bits per heavy atom. The summed E-state index contributed by atoms with van der Waals surface area (Å²) in [5.74, 6) is -0.811. The molecular weight excluding hydrogens is 258 g/mol. The molecule has 0 spiro atoms. The highest BCUT2D eigenvalue weighted by atomic mass is 79.9. The SMILES string of the molecule is Cc1c(Cl)ccc(C(=O)CBr)c1F. The zero-order chi connectivity index (χ0) is 10.0. The zero-order valence-electron chi connectivity index (χ0n) is 6.90. The third-order valence-electron chi connectivity index (χ3n) is 1.74. The molecule has 13 heavy (non-hydrogen) atoms. The first-order valence-electron chi connectivity index (χ1n) is 3.61. The van der Waals surface area contributed by atoms with E-state index < -0.39 is 5.82 Å². The lowest BCUT2D eigenvalue weighted by Crippen LogP contribution is -2.04. The maximum atomic E-state index is 13.4. The topological polar surface area (TPSA) is 17.1 Å². The average molecular weight is 266 g/mol. The lowest BCUT2D eigenvalue weighted by molar-refractivity contribution is 0.102. The molecule has 0 radical (unpaired) electrons. The van der Waals surface area contributed by atoms with Gasteiger partial charge < -0.3 is 0 Å². The third-order valence-corrected chi connectivity index (χ3v) is 2.66. The Bertz CT molecular complexity index is 352. The van der Waals surface area contributed by atoms with E-state index in [9.17, 15) is 9.18 Å². The number of carbonyl (C=O) groups excluding carboxylic acids is 1. The van der Waals surface area contributed by atoms with Crippen LogP contribution in [-0.2, 0) is 0 Å². The second kappa shape index (κ2) is 4.20. The van der Waals surface area contributed by atoms with E-state index in [2.05, 4.69) is 15.9 Å². The van der Waals surface area contributed by atoms with Crippen LogP contribution in [0.2, 0.25) is 5.02 Å². The van der Waals surface area contributed by atoms with Gasteiger partial charge in [-0.2, -0.15) is 0 Å². The first kappa shape index (κ1) is 10.7. The molecule has 0 aliphatic heterocycles. The number of Topliss-reactive ketones (excluding diaryl/α,β-unsaturated/α-hetero) is 1. The largest absolute Gasteiger partial charge is 0.293 e. The number of benzene rings is 1.